The molecule has 0 aliphatic carbocycles. The van der Waals surface area contributed by atoms with Crippen LogP contribution in [0.2, 0.25) is 0 Å². The summed E-state index contributed by atoms with van der Waals surface area (Å²) < 4.78 is 30.5. The third kappa shape index (κ3) is 10.1. The zero-order valence-electron chi connectivity index (χ0n) is 27.2. The van der Waals surface area contributed by atoms with E-state index < -0.39 is 12.2 Å². The molecule has 0 aliphatic rings. The van der Waals surface area contributed by atoms with Gasteiger partial charge in [-0.1, -0.05) is 48.5 Å². The number of hydrogen-bond donors (Lipinski definition) is 4. The smallest absolute Gasteiger partial charge is 0.161 e. The van der Waals surface area contributed by atoms with Gasteiger partial charge in [-0.05, 0) is 42.5 Å². The maximum absolute atomic E-state index is 11.0. The molecule has 0 radical (unpaired) electrons. The van der Waals surface area contributed by atoms with Crippen molar-refractivity contribution in [1.29, 1.82) is 0 Å². The highest BCUT2D eigenvalue weighted by atomic mass is 35.5. The lowest BCUT2D eigenvalue weighted by Gasteiger charge is -2.16. The maximum atomic E-state index is 11.0. The van der Waals surface area contributed by atoms with Gasteiger partial charge in [-0.2, -0.15) is 0 Å². The topological polar surface area (TPSA) is 116 Å². The van der Waals surface area contributed by atoms with Crippen molar-refractivity contribution in [3.8, 4) is 28.7 Å². The van der Waals surface area contributed by atoms with Gasteiger partial charge in [0.25, 0.3) is 0 Å². The minimum atomic E-state index is -0.713. The largest absolute Gasteiger partial charge is 0.493 e. The Kier molecular flexibility index (Phi) is 15.9. The number of para-hydroxylation sites is 5. The molecule has 2 atom stereocenters. The van der Waals surface area contributed by atoms with Crippen molar-refractivity contribution in [3.05, 3.63) is 91.0 Å². The summed E-state index contributed by atoms with van der Waals surface area (Å²) in [4.78, 5) is 0. The monoisotopic (exact) mass is 701 g/mol. The minimum absolute atomic E-state index is 0. The van der Waals surface area contributed by atoms with Gasteiger partial charge in [0.1, 0.15) is 31.7 Å². The van der Waals surface area contributed by atoms with Crippen LogP contribution in [-0.4, -0.2) is 87.2 Å². The normalized spacial score (nSPS) is 12.1. The zero-order chi connectivity index (χ0) is 32.1. The van der Waals surface area contributed by atoms with Gasteiger partial charge >= 0.3 is 0 Å². The summed E-state index contributed by atoms with van der Waals surface area (Å²) in [5, 5.41) is 30.1. The molecular weight excluding hydrogens is 657 g/mol. The van der Waals surface area contributed by atoms with Crippen molar-refractivity contribution in [1.82, 2.24) is 15.2 Å². The third-order valence-corrected chi connectivity index (χ3v) is 7.55. The third-order valence-electron chi connectivity index (χ3n) is 7.55. The molecule has 0 bridgehead atoms. The van der Waals surface area contributed by atoms with Crippen LogP contribution in [0.25, 0.3) is 21.8 Å². The fourth-order valence-electron chi connectivity index (χ4n) is 5.38. The summed E-state index contributed by atoms with van der Waals surface area (Å²) in [5.41, 5.74) is 1.96. The van der Waals surface area contributed by atoms with E-state index in [-0.39, 0.29) is 31.4 Å². The first kappa shape index (κ1) is 38.5. The van der Waals surface area contributed by atoms with Gasteiger partial charge in [-0.25, -0.2) is 0 Å². The number of fused-ring (bicyclic) bond motifs is 3. The molecule has 0 saturated carbocycles. The number of nitrogens with zero attached hydrogens (tertiary/aromatic N) is 1. The quantitative estimate of drug-likeness (QED) is 0.0874. The lowest BCUT2D eigenvalue weighted by Crippen LogP contribution is -2.33. The van der Waals surface area contributed by atoms with Gasteiger partial charge in [0, 0.05) is 42.5 Å². The maximum Gasteiger partial charge on any atom is 0.161 e. The lowest BCUT2D eigenvalue weighted by molar-refractivity contribution is 0.106. The highest BCUT2D eigenvalue weighted by molar-refractivity contribution is 6.11. The predicted octanol–water partition coefficient (Wildman–Crippen LogP) is 5.09. The number of nitrogens with one attached hydrogen (secondary N) is 2. The summed E-state index contributed by atoms with van der Waals surface area (Å²) in [6.07, 6.45) is -1.34. The van der Waals surface area contributed by atoms with Crippen molar-refractivity contribution in [2.24, 2.45) is 0 Å². The van der Waals surface area contributed by atoms with Crippen LogP contribution >= 0.6 is 24.8 Å². The molecule has 0 fully saturated rings. The highest BCUT2D eigenvalue weighted by Crippen LogP contribution is 2.36. The van der Waals surface area contributed by atoms with Gasteiger partial charge in [0.15, 0.2) is 23.0 Å². The van der Waals surface area contributed by atoms with Crippen LogP contribution in [0.4, 0.5) is 0 Å². The standard InChI is InChI=1S/C36H43N3O7.2ClH/c1-42-31-13-5-7-15-33(31)44-20-18-37-22-26(40)24-39-29-11-4-3-10-28(29)36-30(39)12-9-17-35(36)46-25-27(41)23-38-19-21-45-34-16-8-6-14-32(34)43-2;;/h3-17,26-27,37-38,40-41H,18-25H2,1-2H3;2*1H. The van der Waals surface area contributed by atoms with Gasteiger partial charge in [0.2, 0.25) is 0 Å². The summed E-state index contributed by atoms with van der Waals surface area (Å²) in [7, 11) is 3.23. The summed E-state index contributed by atoms with van der Waals surface area (Å²) >= 11 is 0. The van der Waals surface area contributed by atoms with Crippen molar-refractivity contribution >= 4 is 46.6 Å². The zero-order valence-corrected chi connectivity index (χ0v) is 28.8. The van der Waals surface area contributed by atoms with Crippen LogP contribution in [0.5, 0.6) is 28.7 Å². The van der Waals surface area contributed by atoms with E-state index in [9.17, 15) is 10.2 Å². The van der Waals surface area contributed by atoms with Gasteiger partial charge in [-0.15, -0.1) is 24.8 Å². The Morgan fingerprint density at radius 3 is 1.69 bits per heavy atom. The number of methoxy groups -OCH3 is 2. The van der Waals surface area contributed by atoms with E-state index in [1.807, 2.05) is 84.9 Å². The molecule has 2 unspecified atom stereocenters. The first-order valence-electron chi connectivity index (χ1n) is 15.5. The molecule has 0 aliphatic heterocycles. The molecule has 4 aromatic carbocycles. The van der Waals surface area contributed by atoms with E-state index in [4.69, 9.17) is 23.7 Å². The first-order chi connectivity index (χ1) is 22.6. The van der Waals surface area contributed by atoms with E-state index >= 15 is 0 Å². The Bertz CT molecular complexity index is 1690. The van der Waals surface area contributed by atoms with Gasteiger partial charge < -0.3 is 49.1 Å². The fourth-order valence-corrected chi connectivity index (χ4v) is 5.38. The molecule has 5 rings (SSSR count). The summed E-state index contributed by atoms with van der Waals surface area (Å²) in [5.74, 6) is 3.43. The second-order valence-electron chi connectivity index (χ2n) is 10.8. The number of rotatable bonds is 19. The highest BCUT2D eigenvalue weighted by Gasteiger charge is 2.17. The number of hydrogen-bond acceptors (Lipinski definition) is 9. The Morgan fingerprint density at radius 1 is 0.583 bits per heavy atom. The number of halogens is 2. The number of benzene rings is 4. The van der Waals surface area contributed by atoms with Gasteiger partial charge in [0.05, 0.1) is 32.4 Å². The van der Waals surface area contributed by atoms with E-state index in [2.05, 4.69) is 21.3 Å². The molecule has 1 aromatic heterocycles. The van der Waals surface area contributed by atoms with E-state index in [1.54, 1.807) is 14.2 Å². The molecule has 12 heteroatoms. The van der Waals surface area contributed by atoms with Crippen LogP contribution in [-0.2, 0) is 6.54 Å². The Morgan fingerprint density at radius 2 is 1.08 bits per heavy atom. The van der Waals surface area contributed by atoms with Crippen molar-refractivity contribution in [2.75, 3.05) is 60.2 Å². The van der Waals surface area contributed by atoms with E-state index in [0.717, 1.165) is 21.8 Å². The number of aromatic nitrogens is 1. The molecule has 5 aromatic rings. The SMILES string of the molecule is COc1ccccc1OCCNCC(O)COc1cccc2c1c1ccccc1n2CC(O)CNCCOc1ccccc1OC.Cl.Cl. The summed E-state index contributed by atoms with van der Waals surface area (Å²) in [6, 6.07) is 29.0. The average molecular weight is 703 g/mol. The van der Waals surface area contributed by atoms with Crippen LogP contribution < -0.4 is 34.3 Å². The Labute approximate surface area is 293 Å². The number of aliphatic hydroxyl groups is 2. The first-order valence-corrected chi connectivity index (χ1v) is 15.5. The lowest BCUT2D eigenvalue weighted by atomic mass is 10.1. The second-order valence-corrected chi connectivity index (χ2v) is 10.8. The van der Waals surface area contributed by atoms with Crippen LogP contribution in [0.3, 0.4) is 0 Å². The molecule has 260 valence electrons. The molecule has 1 heterocycles. The molecule has 48 heavy (non-hydrogen) atoms. The fraction of sp³-hybridized carbons (Fsp3) is 0.333. The molecule has 0 saturated heterocycles. The Balaban J connectivity index is 0.00000312. The van der Waals surface area contributed by atoms with Crippen molar-refractivity contribution in [2.45, 2.75) is 18.8 Å². The van der Waals surface area contributed by atoms with Crippen LogP contribution in [0.1, 0.15) is 0 Å². The van der Waals surface area contributed by atoms with Crippen LogP contribution in [0, 0.1) is 0 Å². The molecular formula is C36H45Cl2N3O7. The van der Waals surface area contributed by atoms with Gasteiger partial charge in [-0.3, -0.25) is 0 Å². The average Bonchev–Trinajstić information content (AvgIpc) is 3.41. The van der Waals surface area contributed by atoms with Crippen molar-refractivity contribution in [3.63, 3.8) is 0 Å². The van der Waals surface area contributed by atoms with Crippen molar-refractivity contribution < 1.29 is 33.9 Å². The molecule has 10 nitrogen and oxygen atoms in total. The second kappa shape index (κ2) is 19.8. The minimum Gasteiger partial charge on any atom is -0.493 e. The number of aliphatic hydroxyl groups excluding tert-OH is 2. The predicted molar refractivity (Wildman–Crippen MR) is 194 cm³/mol. The molecule has 0 amide bonds. The van der Waals surface area contributed by atoms with E-state index in [1.165, 1.54) is 0 Å². The Hall–Kier alpha value is -3.90. The van der Waals surface area contributed by atoms with Crippen LogP contribution in [0.15, 0.2) is 91.0 Å². The van der Waals surface area contributed by atoms with E-state index in [0.29, 0.717) is 74.7 Å². The molecule has 0 spiro atoms. The number of ether oxygens (including phenoxy) is 5. The molecule has 4 N–H and O–H groups in total. The summed E-state index contributed by atoms with van der Waals surface area (Å²) in [6.45, 7) is 3.31.